The smallest absolute Gasteiger partial charge is 0.294 e. The molecule has 1 rings (SSSR count). The van der Waals surface area contributed by atoms with E-state index in [-0.39, 0.29) is 25.0 Å². The van der Waals surface area contributed by atoms with Gasteiger partial charge in [-0.1, -0.05) is 0 Å². The van der Waals surface area contributed by atoms with Gasteiger partial charge in [-0.25, -0.2) is 0 Å². The lowest BCUT2D eigenvalue weighted by Gasteiger charge is -2.11. The Hall–Kier alpha value is -2.89. The highest BCUT2D eigenvalue weighted by molar-refractivity contribution is 6.00. The zero-order valence-electron chi connectivity index (χ0n) is 11.7. The summed E-state index contributed by atoms with van der Waals surface area (Å²) in [6.45, 7) is 3.85. The van der Waals surface area contributed by atoms with Gasteiger partial charge in [0.2, 0.25) is 0 Å². The second kappa shape index (κ2) is 8.31. The van der Waals surface area contributed by atoms with E-state index in [2.05, 4.69) is 25.4 Å². The average Bonchev–Trinajstić information content (AvgIpc) is 2.41. The lowest BCUT2D eigenvalue weighted by Crippen LogP contribution is -2.21. The molecular weight excluding hydrogens is 276 g/mol. The van der Waals surface area contributed by atoms with Crippen LogP contribution in [-0.2, 0) is 4.84 Å². The second-order valence-corrected chi connectivity index (χ2v) is 4.29. The molecule has 0 atom stereocenters. The SMILES string of the molecule is CC(C)Nc1cncc(C(=NCCO[N+](=O)[O-])NC#N)c1. The number of aliphatic imine (C=N–C) groups is 1. The lowest BCUT2D eigenvalue weighted by atomic mass is 10.2. The number of nitrogens with zero attached hydrogens (tertiary/aromatic N) is 4. The second-order valence-electron chi connectivity index (χ2n) is 4.29. The van der Waals surface area contributed by atoms with Crippen LogP contribution >= 0.6 is 0 Å². The lowest BCUT2D eigenvalue weighted by molar-refractivity contribution is -0.757. The van der Waals surface area contributed by atoms with Crippen LogP contribution in [0.25, 0.3) is 0 Å². The van der Waals surface area contributed by atoms with Gasteiger partial charge in [0.1, 0.15) is 12.4 Å². The zero-order valence-corrected chi connectivity index (χ0v) is 11.7. The van der Waals surface area contributed by atoms with Crippen LogP contribution < -0.4 is 10.6 Å². The van der Waals surface area contributed by atoms with Crippen molar-refractivity contribution in [3.8, 4) is 6.19 Å². The first kappa shape index (κ1) is 16.2. The molecule has 0 aliphatic carbocycles. The molecule has 0 unspecified atom stereocenters. The number of pyridine rings is 1. The fourth-order valence-electron chi connectivity index (χ4n) is 1.51. The van der Waals surface area contributed by atoms with E-state index < -0.39 is 5.09 Å². The highest BCUT2D eigenvalue weighted by Crippen LogP contribution is 2.10. The molecule has 0 amide bonds. The van der Waals surface area contributed by atoms with Crippen molar-refractivity contribution in [2.45, 2.75) is 19.9 Å². The van der Waals surface area contributed by atoms with Crippen LogP contribution in [-0.4, -0.2) is 35.1 Å². The van der Waals surface area contributed by atoms with E-state index in [1.54, 1.807) is 24.7 Å². The number of nitrogens with one attached hydrogen (secondary N) is 2. The summed E-state index contributed by atoms with van der Waals surface area (Å²) in [4.78, 5) is 22.3. The van der Waals surface area contributed by atoms with Crippen LogP contribution in [0.3, 0.4) is 0 Å². The van der Waals surface area contributed by atoms with Crippen LogP contribution in [0.2, 0.25) is 0 Å². The largest absolute Gasteiger partial charge is 0.382 e. The summed E-state index contributed by atoms with van der Waals surface area (Å²) >= 11 is 0. The summed E-state index contributed by atoms with van der Waals surface area (Å²) in [6.07, 6.45) is 4.97. The first-order valence-electron chi connectivity index (χ1n) is 6.21. The topological polar surface area (TPSA) is 125 Å². The van der Waals surface area contributed by atoms with Crippen molar-refractivity contribution >= 4 is 11.5 Å². The number of aromatic nitrogens is 1. The number of hydrogen-bond donors (Lipinski definition) is 2. The quantitative estimate of drug-likeness (QED) is 0.146. The Labute approximate surface area is 121 Å². The van der Waals surface area contributed by atoms with Gasteiger partial charge in [0.15, 0.2) is 6.19 Å². The molecule has 1 aromatic heterocycles. The van der Waals surface area contributed by atoms with Crippen LogP contribution in [0.5, 0.6) is 0 Å². The zero-order chi connectivity index (χ0) is 15.7. The van der Waals surface area contributed by atoms with Crippen LogP contribution in [0.1, 0.15) is 19.4 Å². The number of hydrogen-bond acceptors (Lipinski definition) is 7. The maximum atomic E-state index is 10.0. The summed E-state index contributed by atoms with van der Waals surface area (Å²) < 4.78 is 0. The minimum absolute atomic E-state index is 0.0484. The van der Waals surface area contributed by atoms with Gasteiger partial charge in [-0.2, -0.15) is 5.26 Å². The fraction of sp³-hybridized carbons (Fsp3) is 0.417. The predicted octanol–water partition coefficient (Wildman–Crippen LogP) is 0.927. The van der Waals surface area contributed by atoms with E-state index >= 15 is 0 Å². The highest BCUT2D eigenvalue weighted by Gasteiger charge is 2.06. The summed E-state index contributed by atoms with van der Waals surface area (Å²) in [7, 11) is 0. The number of rotatable bonds is 7. The van der Waals surface area contributed by atoms with Crippen molar-refractivity contribution in [3.05, 3.63) is 34.1 Å². The number of amidine groups is 1. The Balaban J connectivity index is 2.82. The van der Waals surface area contributed by atoms with Crippen molar-refractivity contribution in [2.75, 3.05) is 18.5 Å². The molecule has 0 aromatic carbocycles. The van der Waals surface area contributed by atoms with Crippen molar-refractivity contribution < 1.29 is 9.92 Å². The molecule has 1 aromatic rings. The van der Waals surface area contributed by atoms with Gasteiger partial charge < -0.3 is 10.2 Å². The van der Waals surface area contributed by atoms with Gasteiger partial charge in [-0.05, 0) is 19.9 Å². The summed E-state index contributed by atoms with van der Waals surface area (Å²) in [6, 6.07) is 2.02. The molecule has 0 fully saturated rings. The molecule has 0 aliphatic heterocycles. The molecule has 0 saturated carbocycles. The summed E-state index contributed by atoms with van der Waals surface area (Å²) in [5.74, 6) is 0.282. The molecule has 0 saturated heterocycles. The molecule has 0 radical (unpaired) electrons. The van der Waals surface area contributed by atoms with E-state index in [0.29, 0.717) is 5.56 Å². The maximum absolute atomic E-state index is 10.0. The van der Waals surface area contributed by atoms with Gasteiger partial charge in [0, 0.05) is 24.0 Å². The third kappa shape index (κ3) is 6.20. The normalized spacial score (nSPS) is 10.9. The molecular formula is C12H16N6O3. The third-order valence-corrected chi connectivity index (χ3v) is 2.20. The first-order valence-corrected chi connectivity index (χ1v) is 6.21. The van der Waals surface area contributed by atoms with Crippen LogP contribution in [0, 0.1) is 21.6 Å². The summed E-state index contributed by atoms with van der Waals surface area (Å²) in [5, 5.41) is 23.5. The Bertz CT molecular complexity index is 552. The van der Waals surface area contributed by atoms with Gasteiger partial charge in [-0.3, -0.25) is 15.3 Å². The van der Waals surface area contributed by atoms with E-state index in [9.17, 15) is 10.1 Å². The van der Waals surface area contributed by atoms with E-state index in [1.807, 2.05) is 13.8 Å². The van der Waals surface area contributed by atoms with Crippen LogP contribution in [0.15, 0.2) is 23.5 Å². The van der Waals surface area contributed by atoms with Crippen molar-refractivity contribution in [1.29, 1.82) is 5.26 Å². The predicted molar refractivity (Wildman–Crippen MR) is 76.1 cm³/mol. The highest BCUT2D eigenvalue weighted by atomic mass is 16.9. The monoisotopic (exact) mass is 292 g/mol. The third-order valence-electron chi connectivity index (χ3n) is 2.20. The Kier molecular flexibility index (Phi) is 6.40. The number of anilines is 1. The average molecular weight is 292 g/mol. The molecule has 1 heterocycles. The molecule has 112 valence electrons. The minimum Gasteiger partial charge on any atom is -0.382 e. The van der Waals surface area contributed by atoms with E-state index in [0.717, 1.165) is 5.69 Å². The molecule has 2 N–H and O–H groups in total. The van der Waals surface area contributed by atoms with Gasteiger partial charge in [-0.15, -0.1) is 10.1 Å². The van der Waals surface area contributed by atoms with Gasteiger partial charge >= 0.3 is 0 Å². The summed E-state index contributed by atoms with van der Waals surface area (Å²) in [5.41, 5.74) is 1.39. The Morgan fingerprint density at radius 2 is 2.38 bits per heavy atom. The Morgan fingerprint density at radius 1 is 1.62 bits per heavy atom. The molecule has 0 spiro atoms. The molecule has 9 nitrogen and oxygen atoms in total. The molecule has 9 heteroatoms. The minimum atomic E-state index is -0.887. The van der Waals surface area contributed by atoms with Crippen LogP contribution in [0.4, 0.5) is 5.69 Å². The van der Waals surface area contributed by atoms with E-state index in [1.165, 1.54) is 0 Å². The molecule has 21 heavy (non-hydrogen) atoms. The molecule has 0 aliphatic rings. The van der Waals surface area contributed by atoms with Gasteiger partial charge in [0.25, 0.3) is 5.09 Å². The van der Waals surface area contributed by atoms with Crippen molar-refractivity contribution in [2.24, 2.45) is 4.99 Å². The first-order chi connectivity index (χ1) is 10.0. The van der Waals surface area contributed by atoms with E-state index in [4.69, 9.17) is 5.26 Å². The molecule has 0 bridgehead atoms. The standard InChI is InChI=1S/C12H16N6O3/c1-9(2)17-11-5-10(6-14-7-11)12(16-8-13)15-3-4-21-18(19)20/h5-7,9,17H,3-4H2,1-2H3,(H,15,16). The Morgan fingerprint density at radius 3 is 3.00 bits per heavy atom. The number of nitriles is 1. The fourth-order valence-corrected chi connectivity index (χ4v) is 1.51. The van der Waals surface area contributed by atoms with Gasteiger partial charge in [0.05, 0.1) is 12.2 Å². The maximum Gasteiger partial charge on any atom is 0.294 e. The van der Waals surface area contributed by atoms with Crippen molar-refractivity contribution in [1.82, 2.24) is 10.3 Å². The van der Waals surface area contributed by atoms with Crippen molar-refractivity contribution in [3.63, 3.8) is 0 Å².